The highest BCUT2D eigenvalue weighted by Crippen LogP contribution is 2.25. The van der Waals surface area contributed by atoms with Crippen molar-refractivity contribution in [3.8, 4) is 0 Å². The summed E-state index contributed by atoms with van der Waals surface area (Å²) in [7, 11) is 0. The molecular formula is C10H22N2. The minimum absolute atomic E-state index is 0.540. The Morgan fingerprint density at radius 3 is 2.08 bits per heavy atom. The van der Waals surface area contributed by atoms with Crippen LogP contribution < -0.4 is 10.6 Å². The lowest BCUT2D eigenvalue weighted by atomic mass is 9.81. The van der Waals surface area contributed by atoms with Gasteiger partial charge in [-0.2, -0.15) is 0 Å². The van der Waals surface area contributed by atoms with Crippen LogP contribution in [0.3, 0.4) is 0 Å². The van der Waals surface area contributed by atoms with Crippen LogP contribution in [-0.4, -0.2) is 25.2 Å². The summed E-state index contributed by atoms with van der Waals surface area (Å²) in [6.07, 6.45) is 5.38. The molecule has 12 heavy (non-hydrogen) atoms. The minimum Gasteiger partial charge on any atom is -0.315 e. The zero-order valence-corrected chi connectivity index (χ0v) is 8.45. The highest BCUT2D eigenvalue weighted by Gasteiger charge is 2.36. The van der Waals surface area contributed by atoms with Gasteiger partial charge in [-0.15, -0.1) is 0 Å². The monoisotopic (exact) mass is 170 g/mol. The van der Waals surface area contributed by atoms with E-state index in [4.69, 9.17) is 0 Å². The average molecular weight is 170 g/mol. The summed E-state index contributed by atoms with van der Waals surface area (Å²) in [6.45, 7) is 7.91. The quantitative estimate of drug-likeness (QED) is 0.576. The van der Waals surface area contributed by atoms with Crippen molar-refractivity contribution in [3.63, 3.8) is 0 Å². The first-order valence-electron chi connectivity index (χ1n) is 5.29. The molecule has 0 radical (unpaired) electrons. The third-order valence-corrected chi connectivity index (χ3v) is 2.58. The molecule has 2 rings (SSSR count). The van der Waals surface area contributed by atoms with E-state index in [1.165, 1.54) is 45.3 Å². The maximum Gasteiger partial charge on any atom is 0.0318 e. The third-order valence-electron chi connectivity index (χ3n) is 2.58. The van der Waals surface area contributed by atoms with Crippen molar-refractivity contribution in [3.05, 3.63) is 0 Å². The Kier molecular flexibility index (Phi) is 4.02. The summed E-state index contributed by atoms with van der Waals surface area (Å²) in [4.78, 5) is 0. The molecule has 0 bridgehead atoms. The van der Waals surface area contributed by atoms with Gasteiger partial charge in [0, 0.05) is 12.1 Å². The largest absolute Gasteiger partial charge is 0.315 e. The fourth-order valence-corrected chi connectivity index (χ4v) is 1.81. The van der Waals surface area contributed by atoms with Gasteiger partial charge < -0.3 is 10.6 Å². The van der Waals surface area contributed by atoms with E-state index in [0.29, 0.717) is 5.54 Å². The molecule has 2 aliphatic rings. The summed E-state index contributed by atoms with van der Waals surface area (Å²) in [6, 6.07) is 0. The number of rotatable bonds is 0. The first kappa shape index (κ1) is 10.0. The average Bonchev–Trinajstić information content (AvgIpc) is 2.05. The second-order valence-electron chi connectivity index (χ2n) is 3.94. The van der Waals surface area contributed by atoms with E-state index in [2.05, 4.69) is 24.5 Å². The van der Waals surface area contributed by atoms with E-state index in [1.54, 1.807) is 0 Å². The Hall–Kier alpha value is -0.0800. The van der Waals surface area contributed by atoms with Crippen molar-refractivity contribution in [2.45, 2.75) is 45.1 Å². The maximum atomic E-state index is 3.50. The van der Waals surface area contributed by atoms with Gasteiger partial charge in [0.1, 0.15) is 0 Å². The molecule has 1 atom stereocenters. The van der Waals surface area contributed by atoms with Gasteiger partial charge in [0.25, 0.3) is 0 Å². The van der Waals surface area contributed by atoms with Crippen LogP contribution in [0.2, 0.25) is 0 Å². The summed E-state index contributed by atoms with van der Waals surface area (Å²) in [5.74, 6) is 0. The Balaban J connectivity index is 0.000000213. The standard InChI is InChI=1S/C7H14N2.C3H8/c1-2-7(3-5-9-7)6-8-4-1;1-3-2/h8-9H,1-6H2;3H2,1-2H3. The van der Waals surface area contributed by atoms with E-state index in [-0.39, 0.29) is 0 Å². The SMILES string of the molecule is C1CNCC2(C1)CCN2.CCC. The summed E-state index contributed by atoms with van der Waals surface area (Å²) >= 11 is 0. The number of nitrogens with one attached hydrogen (secondary N) is 2. The van der Waals surface area contributed by atoms with Crippen LogP contribution >= 0.6 is 0 Å². The molecule has 72 valence electrons. The van der Waals surface area contributed by atoms with Crippen molar-refractivity contribution in [2.24, 2.45) is 0 Å². The molecule has 2 nitrogen and oxygen atoms in total. The molecule has 1 unspecified atom stereocenters. The van der Waals surface area contributed by atoms with Gasteiger partial charge in [-0.3, -0.25) is 0 Å². The number of hydrogen-bond donors (Lipinski definition) is 2. The van der Waals surface area contributed by atoms with Crippen molar-refractivity contribution < 1.29 is 0 Å². The normalized spacial score (nSPS) is 33.5. The van der Waals surface area contributed by atoms with Gasteiger partial charge in [-0.25, -0.2) is 0 Å². The van der Waals surface area contributed by atoms with Crippen LogP contribution in [-0.2, 0) is 0 Å². The molecule has 1 spiro atoms. The Morgan fingerprint density at radius 2 is 1.83 bits per heavy atom. The summed E-state index contributed by atoms with van der Waals surface area (Å²) < 4.78 is 0. The van der Waals surface area contributed by atoms with E-state index in [9.17, 15) is 0 Å². The zero-order chi connectivity index (χ0) is 8.86. The van der Waals surface area contributed by atoms with Crippen molar-refractivity contribution in [2.75, 3.05) is 19.6 Å². The van der Waals surface area contributed by atoms with Crippen LogP contribution in [0.4, 0.5) is 0 Å². The molecule has 2 heterocycles. The van der Waals surface area contributed by atoms with Crippen molar-refractivity contribution in [1.82, 2.24) is 10.6 Å². The molecule has 0 aromatic heterocycles. The molecule has 0 aromatic rings. The lowest BCUT2D eigenvalue weighted by molar-refractivity contribution is 0.159. The maximum absolute atomic E-state index is 3.50. The molecule has 0 aliphatic carbocycles. The second-order valence-corrected chi connectivity index (χ2v) is 3.94. The molecular weight excluding hydrogens is 148 g/mol. The van der Waals surface area contributed by atoms with Gasteiger partial charge in [0.2, 0.25) is 0 Å². The predicted molar refractivity (Wildman–Crippen MR) is 53.4 cm³/mol. The summed E-state index contributed by atoms with van der Waals surface area (Å²) in [5, 5.41) is 6.91. The van der Waals surface area contributed by atoms with E-state index in [0.717, 1.165) is 0 Å². The fourth-order valence-electron chi connectivity index (χ4n) is 1.81. The number of piperidine rings is 1. The lowest BCUT2D eigenvalue weighted by Crippen LogP contribution is -2.64. The topological polar surface area (TPSA) is 24.1 Å². The zero-order valence-electron chi connectivity index (χ0n) is 8.45. The molecule has 0 aromatic carbocycles. The van der Waals surface area contributed by atoms with Gasteiger partial charge in [-0.05, 0) is 32.4 Å². The smallest absolute Gasteiger partial charge is 0.0318 e. The fraction of sp³-hybridized carbons (Fsp3) is 1.00. The third kappa shape index (κ3) is 2.46. The van der Waals surface area contributed by atoms with Crippen LogP contribution in [0.25, 0.3) is 0 Å². The van der Waals surface area contributed by atoms with Crippen LogP contribution in [0, 0.1) is 0 Å². The first-order valence-corrected chi connectivity index (χ1v) is 5.29. The molecule has 2 heteroatoms. The highest BCUT2D eigenvalue weighted by molar-refractivity contribution is 5.00. The van der Waals surface area contributed by atoms with E-state index in [1.807, 2.05) is 0 Å². The molecule has 2 fully saturated rings. The predicted octanol–water partition coefficient (Wildman–Crippen LogP) is 1.52. The minimum atomic E-state index is 0.540. The highest BCUT2D eigenvalue weighted by atomic mass is 15.1. The van der Waals surface area contributed by atoms with Gasteiger partial charge in [0.05, 0.1) is 0 Å². The summed E-state index contributed by atoms with van der Waals surface area (Å²) in [5.41, 5.74) is 0.540. The van der Waals surface area contributed by atoms with Crippen LogP contribution in [0.15, 0.2) is 0 Å². The van der Waals surface area contributed by atoms with Gasteiger partial charge in [0.15, 0.2) is 0 Å². The van der Waals surface area contributed by atoms with Crippen LogP contribution in [0.1, 0.15) is 39.5 Å². The molecule has 2 saturated heterocycles. The van der Waals surface area contributed by atoms with Crippen LogP contribution in [0.5, 0.6) is 0 Å². The Labute approximate surface area is 76.1 Å². The molecule has 0 saturated carbocycles. The Bertz CT molecular complexity index is 111. The number of hydrogen-bond acceptors (Lipinski definition) is 2. The van der Waals surface area contributed by atoms with Crippen molar-refractivity contribution in [1.29, 1.82) is 0 Å². The second kappa shape index (κ2) is 4.83. The molecule has 2 N–H and O–H groups in total. The Morgan fingerprint density at radius 1 is 1.17 bits per heavy atom. The van der Waals surface area contributed by atoms with E-state index >= 15 is 0 Å². The van der Waals surface area contributed by atoms with Crippen molar-refractivity contribution >= 4 is 0 Å². The molecule has 2 aliphatic heterocycles. The lowest BCUT2D eigenvalue weighted by Gasteiger charge is -2.46. The van der Waals surface area contributed by atoms with Gasteiger partial charge >= 0.3 is 0 Å². The molecule has 0 amide bonds. The first-order chi connectivity index (χ1) is 5.83. The van der Waals surface area contributed by atoms with E-state index < -0.39 is 0 Å². The van der Waals surface area contributed by atoms with Gasteiger partial charge in [-0.1, -0.05) is 20.3 Å².